The van der Waals surface area contributed by atoms with E-state index in [1.807, 2.05) is 42.8 Å². The molecule has 0 atom stereocenters. The lowest BCUT2D eigenvalue weighted by Gasteiger charge is -2.15. The summed E-state index contributed by atoms with van der Waals surface area (Å²) in [5.41, 5.74) is 4.68. The van der Waals surface area contributed by atoms with Crippen molar-refractivity contribution in [3.05, 3.63) is 93.5 Å². The molecule has 29 heavy (non-hydrogen) atoms. The highest BCUT2D eigenvalue weighted by molar-refractivity contribution is 6.31. The molecular formula is C23H23ClFN3O. The van der Waals surface area contributed by atoms with Crippen LogP contribution in [0.2, 0.25) is 5.02 Å². The molecule has 4 nitrogen and oxygen atoms in total. The molecule has 0 aliphatic carbocycles. The maximum atomic E-state index is 13.0. The Bertz CT molecular complexity index is 1040. The van der Waals surface area contributed by atoms with Crippen LogP contribution in [-0.4, -0.2) is 27.6 Å². The van der Waals surface area contributed by atoms with Crippen LogP contribution in [0.15, 0.2) is 54.6 Å². The molecule has 1 amide bonds. The average Bonchev–Trinajstić information content (AvgIpc) is 2.96. The summed E-state index contributed by atoms with van der Waals surface area (Å²) in [4.78, 5) is 14.1. The van der Waals surface area contributed by atoms with Gasteiger partial charge in [0.1, 0.15) is 5.82 Å². The Balaban J connectivity index is 1.70. The first-order chi connectivity index (χ1) is 13.8. The molecule has 0 spiro atoms. The van der Waals surface area contributed by atoms with Crippen LogP contribution in [0.25, 0.3) is 6.08 Å². The van der Waals surface area contributed by atoms with E-state index in [2.05, 4.69) is 5.10 Å². The fraction of sp³-hybridized carbons (Fsp3) is 0.217. The van der Waals surface area contributed by atoms with Crippen LogP contribution in [-0.2, 0) is 17.9 Å². The van der Waals surface area contributed by atoms with Crippen molar-refractivity contribution in [1.29, 1.82) is 0 Å². The van der Waals surface area contributed by atoms with Crippen LogP contribution >= 0.6 is 11.6 Å². The number of halogens is 2. The fourth-order valence-corrected chi connectivity index (χ4v) is 3.28. The average molecular weight is 412 g/mol. The molecule has 2 aromatic carbocycles. The third-order valence-corrected chi connectivity index (χ3v) is 5.24. The summed E-state index contributed by atoms with van der Waals surface area (Å²) in [6.45, 7) is 4.97. The van der Waals surface area contributed by atoms with Crippen LogP contribution in [0.1, 0.15) is 28.1 Å². The number of hydrogen-bond acceptors (Lipinski definition) is 2. The predicted octanol–water partition coefficient (Wildman–Crippen LogP) is 5.01. The van der Waals surface area contributed by atoms with Gasteiger partial charge >= 0.3 is 0 Å². The second-order valence-electron chi connectivity index (χ2n) is 6.98. The molecule has 150 valence electrons. The Morgan fingerprint density at radius 2 is 1.86 bits per heavy atom. The summed E-state index contributed by atoms with van der Waals surface area (Å²) in [6, 6.07) is 13.7. The summed E-state index contributed by atoms with van der Waals surface area (Å²) in [6.07, 6.45) is 3.17. The molecule has 0 unspecified atom stereocenters. The lowest BCUT2D eigenvalue weighted by molar-refractivity contribution is -0.125. The van der Waals surface area contributed by atoms with E-state index in [9.17, 15) is 9.18 Å². The first kappa shape index (κ1) is 20.8. The SMILES string of the molecule is Cc1nn(Cc2ccccc2Cl)c(C)c1CN(C)C(=O)/C=C/c1ccc(F)cc1. The summed E-state index contributed by atoms with van der Waals surface area (Å²) < 4.78 is 14.9. The van der Waals surface area contributed by atoms with Crippen LogP contribution in [0.3, 0.4) is 0 Å². The van der Waals surface area contributed by atoms with Crippen LogP contribution in [0, 0.1) is 19.7 Å². The predicted molar refractivity (Wildman–Crippen MR) is 114 cm³/mol. The zero-order valence-electron chi connectivity index (χ0n) is 16.7. The molecule has 0 saturated heterocycles. The van der Waals surface area contributed by atoms with E-state index >= 15 is 0 Å². The standard InChI is InChI=1S/C23H23ClFN3O/c1-16-21(17(2)28(26-16)14-19-6-4-5-7-22(19)24)15-27(3)23(29)13-10-18-8-11-20(25)12-9-18/h4-13H,14-15H2,1-3H3/b13-10+. The highest BCUT2D eigenvalue weighted by Crippen LogP contribution is 2.20. The first-order valence-corrected chi connectivity index (χ1v) is 9.68. The lowest BCUT2D eigenvalue weighted by atomic mass is 10.1. The molecule has 3 aromatic rings. The van der Waals surface area contributed by atoms with Crippen LogP contribution < -0.4 is 0 Å². The van der Waals surface area contributed by atoms with Gasteiger partial charge in [0.15, 0.2) is 0 Å². The third kappa shape index (κ3) is 5.12. The number of amides is 1. The molecule has 0 fully saturated rings. The fourth-order valence-electron chi connectivity index (χ4n) is 3.09. The molecule has 0 radical (unpaired) electrons. The minimum absolute atomic E-state index is 0.132. The number of carbonyl (C=O) groups excluding carboxylic acids is 1. The molecular weight excluding hydrogens is 389 g/mol. The van der Waals surface area contributed by atoms with E-state index in [1.165, 1.54) is 18.2 Å². The minimum Gasteiger partial charge on any atom is -0.338 e. The third-order valence-electron chi connectivity index (χ3n) is 4.87. The largest absolute Gasteiger partial charge is 0.338 e. The van der Waals surface area contributed by atoms with Gasteiger partial charge in [0, 0.05) is 35.9 Å². The lowest BCUT2D eigenvalue weighted by Crippen LogP contribution is -2.24. The topological polar surface area (TPSA) is 38.1 Å². The van der Waals surface area contributed by atoms with Gasteiger partial charge in [-0.25, -0.2) is 4.39 Å². The van der Waals surface area contributed by atoms with Gasteiger partial charge in [0.05, 0.1) is 12.2 Å². The Morgan fingerprint density at radius 3 is 2.55 bits per heavy atom. The number of carbonyl (C=O) groups is 1. The van der Waals surface area contributed by atoms with Crippen molar-refractivity contribution < 1.29 is 9.18 Å². The Kier molecular flexibility index (Phi) is 6.49. The molecule has 0 aliphatic heterocycles. The van der Waals surface area contributed by atoms with E-state index in [-0.39, 0.29) is 11.7 Å². The summed E-state index contributed by atoms with van der Waals surface area (Å²) in [5, 5.41) is 5.34. The Morgan fingerprint density at radius 1 is 1.17 bits per heavy atom. The first-order valence-electron chi connectivity index (χ1n) is 9.30. The van der Waals surface area contributed by atoms with Gasteiger partial charge in [0.25, 0.3) is 0 Å². The zero-order valence-corrected chi connectivity index (χ0v) is 17.4. The van der Waals surface area contributed by atoms with E-state index < -0.39 is 0 Å². The quantitative estimate of drug-likeness (QED) is 0.534. The van der Waals surface area contributed by atoms with Crippen molar-refractivity contribution in [2.45, 2.75) is 26.9 Å². The molecule has 0 bridgehead atoms. The monoisotopic (exact) mass is 411 g/mol. The van der Waals surface area contributed by atoms with Gasteiger partial charge in [-0.15, -0.1) is 0 Å². The van der Waals surface area contributed by atoms with E-state index in [1.54, 1.807) is 30.2 Å². The number of aromatic nitrogens is 2. The molecule has 1 heterocycles. The zero-order chi connectivity index (χ0) is 21.0. The van der Waals surface area contributed by atoms with Gasteiger partial charge in [-0.2, -0.15) is 5.10 Å². The number of likely N-dealkylation sites (N-methyl/N-ethyl adjacent to an activating group) is 1. The number of nitrogens with zero attached hydrogens (tertiary/aromatic N) is 3. The molecule has 3 rings (SSSR count). The number of hydrogen-bond donors (Lipinski definition) is 0. The molecule has 0 saturated carbocycles. The van der Waals surface area contributed by atoms with Crippen molar-refractivity contribution in [2.75, 3.05) is 7.05 Å². The van der Waals surface area contributed by atoms with Gasteiger partial charge < -0.3 is 4.90 Å². The smallest absolute Gasteiger partial charge is 0.246 e. The highest BCUT2D eigenvalue weighted by atomic mass is 35.5. The summed E-state index contributed by atoms with van der Waals surface area (Å²) in [7, 11) is 1.75. The molecule has 6 heteroatoms. The highest BCUT2D eigenvalue weighted by Gasteiger charge is 2.16. The maximum absolute atomic E-state index is 13.0. The van der Waals surface area contributed by atoms with Gasteiger partial charge in [-0.1, -0.05) is 41.9 Å². The van der Waals surface area contributed by atoms with Crippen LogP contribution in [0.5, 0.6) is 0 Å². The number of rotatable bonds is 6. The van der Waals surface area contributed by atoms with Gasteiger partial charge in [0.2, 0.25) is 5.91 Å². The molecule has 0 N–H and O–H groups in total. The Labute approximate surface area is 175 Å². The summed E-state index contributed by atoms with van der Waals surface area (Å²) in [5.74, 6) is -0.433. The second-order valence-corrected chi connectivity index (χ2v) is 7.38. The molecule has 1 aromatic heterocycles. The van der Waals surface area contributed by atoms with Crippen LogP contribution in [0.4, 0.5) is 4.39 Å². The minimum atomic E-state index is -0.301. The maximum Gasteiger partial charge on any atom is 0.246 e. The van der Waals surface area contributed by atoms with Crippen molar-refractivity contribution in [3.8, 4) is 0 Å². The van der Waals surface area contributed by atoms with E-state index in [4.69, 9.17) is 11.6 Å². The van der Waals surface area contributed by atoms with Crippen molar-refractivity contribution in [2.24, 2.45) is 0 Å². The Hall–Kier alpha value is -2.92. The number of aryl methyl sites for hydroxylation is 1. The second kappa shape index (κ2) is 9.05. The van der Waals surface area contributed by atoms with E-state index in [0.717, 1.165) is 28.1 Å². The van der Waals surface area contributed by atoms with E-state index in [0.29, 0.717) is 18.1 Å². The van der Waals surface area contributed by atoms with Crippen molar-refractivity contribution in [3.63, 3.8) is 0 Å². The molecule has 0 aliphatic rings. The summed E-state index contributed by atoms with van der Waals surface area (Å²) >= 11 is 6.27. The normalized spacial score (nSPS) is 11.2. The van der Waals surface area contributed by atoms with Crippen molar-refractivity contribution in [1.82, 2.24) is 14.7 Å². The van der Waals surface area contributed by atoms with Gasteiger partial charge in [-0.3, -0.25) is 9.48 Å². The number of benzene rings is 2. The van der Waals surface area contributed by atoms with Crippen molar-refractivity contribution >= 4 is 23.6 Å². The van der Waals surface area contributed by atoms with Gasteiger partial charge in [-0.05, 0) is 49.2 Å².